The number of aliphatic hydroxyl groups excluding tert-OH is 1. The Morgan fingerprint density at radius 2 is 2.55 bits per heavy atom. The standard InChI is InChI=1S/C6H8N2O2S/c1-4(8-10)6-7-5(2-9)3-11-6/h3,9-10H,2H2,1H3/b8-4+. The Bertz CT molecular complexity index is 269. The van der Waals surface area contributed by atoms with Crippen LogP contribution < -0.4 is 0 Å². The molecule has 1 aromatic rings. The quantitative estimate of drug-likeness (QED) is 0.394. The number of hydrogen-bond donors (Lipinski definition) is 2. The van der Waals surface area contributed by atoms with E-state index in [0.717, 1.165) is 0 Å². The van der Waals surface area contributed by atoms with Crippen LogP contribution >= 0.6 is 11.3 Å². The van der Waals surface area contributed by atoms with E-state index in [0.29, 0.717) is 16.4 Å². The zero-order valence-corrected chi connectivity index (χ0v) is 6.80. The summed E-state index contributed by atoms with van der Waals surface area (Å²) in [5.41, 5.74) is 1.07. The molecule has 0 bridgehead atoms. The molecule has 0 aromatic carbocycles. The van der Waals surface area contributed by atoms with Crippen molar-refractivity contribution in [1.82, 2.24) is 4.98 Å². The molecule has 1 aromatic heterocycles. The van der Waals surface area contributed by atoms with Crippen LogP contribution in [0.5, 0.6) is 0 Å². The first-order chi connectivity index (χ1) is 5.27. The second-order valence-electron chi connectivity index (χ2n) is 1.99. The van der Waals surface area contributed by atoms with Gasteiger partial charge in [-0.1, -0.05) is 5.16 Å². The second-order valence-corrected chi connectivity index (χ2v) is 2.85. The fourth-order valence-electron chi connectivity index (χ4n) is 0.589. The van der Waals surface area contributed by atoms with Crippen LogP contribution in [0, 0.1) is 0 Å². The van der Waals surface area contributed by atoms with Gasteiger partial charge in [0.15, 0.2) is 0 Å². The van der Waals surface area contributed by atoms with Crippen LogP contribution in [0.15, 0.2) is 10.5 Å². The minimum atomic E-state index is -0.0742. The Labute approximate surface area is 67.8 Å². The maximum Gasteiger partial charge on any atom is 0.141 e. The zero-order chi connectivity index (χ0) is 8.27. The fraction of sp³-hybridized carbons (Fsp3) is 0.333. The van der Waals surface area contributed by atoms with E-state index in [1.165, 1.54) is 11.3 Å². The van der Waals surface area contributed by atoms with Crippen molar-refractivity contribution < 1.29 is 10.3 Å². The van der Waals surface area contributed by atoms with Crippen molar-refractivity contribution in [3.63, 3.8) is 0 Å². The molecule has 5 heteroatoms. The van der Waals surface area contributed by atoms with Crippen molar-refractivity contribution >= 4 is 17.0 Å². The van der Waals surface area contributed by atoms with Crippen molar-refractivity contribution in [1.29, 1.82) is 0 Å². The first-order valence-corrected chi connectivity index (χ1v) is 3.90. The van der Waals surface area contributed by atoms with Gasteiger partial charge in [-0.15, -0.1) is 11.3 Å². The van der Waals surface area contributed by atoms with Crippen LogP contribution in [-0.2, 0) is 6.61 Å². The fourth-order valence-corrected chi connectivity index (χ4v) is 1.34. The molecule has 0 radical (unpaired) electrons. The van der Waals surface area contributed by atoms with E-state index in [-0.39, 0.29) is 6.61 Å². The van der Waals surface area contributed by atoms with E-state index >= 15 is 0 Å². The highest BCUT2D eigenvalue weighted by molar-refractivity contribution is 7.11. The summed E-state index contributed by atoms with van der Waals surface area (Å²) in [4.78, 5) is 3.98. The van der Waals surface area contributed by atoms with Crippen LogP contribution in [0.4, 0.5) is 0 Å². The highest BCUT2D eigenvalue weighted by Gasteiger charge is 2.03. The van der Waals surface area contributed by atoms with Gasteiger partial charge in [-0.25, -0.2) is 4.98 Å². The Morgan fingerprint density at radius 1 is 1.82 bits per heavy atom. The first-order valence-electron chi connectivity index (χ1n) is 3.02. The summed E-state index contributed by atoms with van der Waals surface area (Å²) in [5, 5.41) is 22.4. The predicted octanol–water partition coefficient (Wildman–Crippen LogP) is 0.834. The summed E-state index contributed by atoms with van der Waals surface area (Å²) < 4.78 is 0. The molecule has 0 aliphatic heterocycles. The Balaban J connectivity index is 2.89. The molecule has 0 aliphatic rings. The molecular formula is C6H8N2O2S. The first kappa shape index (κ1) is 8.16. The number of hydrogen-bond acceptors (Lipinski definition) is 5. The number of nitrogens with zero attached hydrogens (tertiary/aromatic N) is 2. The van der Waals surface area contributed by atoms with Crippen LogP contribution in [0.3, 0.4) is 0 Å². The molecule has 60 valence electrons. The third kappa shape index (κ3) is 1.75. The molecule has 0 unspecified atom stereocenters. The van der Waals surface area contributed by atoms with E-state index in [9.17, 15) is 0 Å². The average molecular weight is 172 g/mol. The van der Waals surface area contributed by atoms with Crippen LogP contribution in [0.1, 0.15) is 17.6 Å². The van der Waals surface area contributed by atoms with Gasteiger partial charge in [0.05, 0.1) is 12.3 Å². The molecule has 1 heterocycles. The van der Waals surface area contributed by atoms with E-state index in [2.05, 4.69) is 10.1 Å². The molecule has 0 fully saturated rings. The smallest absolute Gasteiger partial charge is 0.141 e. The third-order valence-electron chi connectivity index (χ3n) is 1.17. The normalized spacial score (nSPS) is 12.0. The third-order valence-corrected chi connectivity index (χ3v) is 2.17. The van der Waals surface area contributed by atoms with E-state index < -0.39 is 0 Å². The molecular weight excluding hydrogens is 164 g/mol. The summed E-state index contributed by atoms with van der Waals surface area (Å²) in [6.45, 7) is 1.58. The lowest BCUT2D eigenvalue weighted by Crippen LogP contribution is -1.93. The highest BCUT2D eigenvalue weighted by Crippen LogP contribution is 2.10. The van der Waals surface area contributed by atoms with Gasteiger partial charge in [0.25, 0.3) is 0 Å². The van der Waals surface area contributed by atoms with Gasteiger partial charge < -0.3 is 10.3 Å². The van der Waals surface area contributed by atoms with Crippen LogP contribution in [0.25, 0.3) is 0 Å². The zero-order valence-electron chi connectivity index (χ0n) is 5.98. The molecule has 2 N–H and O–H groups in total. The van der Waals surface area contributed by atoms with Crippen molar-refractivity contribution in [2.75, 3.05) is 0 Å². The minimum absolute atomic E-state index is 0.0742. The monoisotopic (exact) mass is 172 g/mol. The number of rotatable bonds is 2. The van der Waals surface area contributed by atoms with Crippen LogP contribution in [-0.4, -0.2) is 21.0 Å². The highest BCUT2D eigenvalue weighted by atomic mass is 32.1. The molecule has 0 atom stereocenters. The molecule has 0 aliphatic carbocycles. The van der Waals surface area contributed by atoms with Crippen LogP contribution in [0.2, 0.25) is 0 Å². The lowest BCUT2D eigenvalue weighted by atomic mass is 10.4. The summed E-state index contributed by atoms with van der Waals surface area (Å²) in [5.74, 6) is 0. The Hall–Kier alpha value is -0.940. The van der Waals surface area contributed by atoms with Gasteiger partial charge in [-0.2, -0.15) is 0 Å². The van der Waals surface area contributed by atoms with Crippen molar-refractivity contribution in [3.05, 3.63) is 16.1 Å². The van der Waals surface area contributed by atoms with Crippen molar-refractivity contribution in [3.8, 4) is 0 Å². The number of aliphatic hydroxyl groups is 1. The van der Waals surface area contributed by atoms with E-state index in [1.807, 2.05) is 0 Å². The molecule has 11 heavy (non-hydrogen) atoms. The SMILES string of the molecule is C/C(=N\O)c1nc(CO)cs1. The lowest BCUT2D eigenvalue weighted by molar-refractivity contribution is 0.277. The van der Waals surface area contributed by atoms with Gasteiger partial charge in [-0.3, -0.25) is 0 Å². The van der Waals surface area contributed by atoms with Gasteiger partial charge in [0.2, 0.25) is 0 Å². The summed E-state index contributed by atoms with van der Waals surface area (Å²) in [6.07, 6.45) is 0. The summed E-state index contributed by atoms with van der Waals surface area (Å²) in [7, 11) is 0. The van der Waals surface area contributed by atoms with E-state index in [1.54, 1.807) is 12.3 Å². The summed E-state index contributed by atoms with van der Waals surface area (Å²) in [6, 6.07) is 0. The number of aromatic nitrogens is 1. The van der Waals surface area contributed by atoms with Gasteiger partial charge in [0.1, 0.15) is 10.7 Å². The molecule has 0 amide bonds. The molecule has 4 nitrogen and oxygen atoms in total. The molecule has 1 rings (SSSR count). The predicted molar refractivity (Wildman–Crippen MR) is 42.0 cm³/mol. The maximum absolute atomic E-state index is 8.65. The van der Waals surface area contributed by atoms with Gasteiger partial charge in [-0.05, 0) is 6.92 Å². The summed E-state index contributed by atoms with van der Waals surface area (Å²) >= 11 is 1.34. The van der Waals surface area contributed by atoms with E-state index in [4.69, 9.17) is 10.3 Å². The topological polar surface area (TPSA) is 65.7 Å². The van der Waals surface area contributed by atoms with Crippen molar-refractivity contribution in [2.24, 2.45) is 5.16 Å². The Morgan fingerprint density at radius 3 is 3.00 bits per heavy atom. The Kier molecular flexibility index (Phi) is 2.56. The largest absolute Gasteiger partial charge is 0.411 e. The molecule has 0 spiro atoms. The minimum Gasteiger partial charge on any atom is -0.411 e. The number of oxime groups is 1. The average Bonchev–Trinajstić information content (AvgIpc) is 2.50. The molecule has 0 saturated heterocycles. The molecule has 0 saturated carbocycles. The number of thiazole rings is 1. The van der Waals surface area contributed by atoms with Gasteiger partial charge in [0, 0.05) is 5.38 Å². The maximum atomic E-state index is 8.65. The van der Waals surface area contributed by atoms with Gasteiger partial charge >= 0.3 is 0 Å². The lowest BCUT2D eigenvalue weighted by Gasteiger charge is -1.87. The van der Waals surface area contributed by atoms with Crippen molar-refractivity contribution in [2.45, 2.75) is 13.5 Å². The second kappa shape index (κ2) is 3.45.